The highest BCUT2D eigenvalue weighted by molar-refractivity contribution is 8.26. The molecule has 0 atom stereocenters. The lowest BCUT2D eigenvalue weighted by Crippen LogP contribution is -2.17. The summed E-state index contributed by atoms with van der Waals surface area (Å²) in [5.74, 6) is 1.82. The zero-order valence-corrected chi connectivity index (χ0v) is 17.5. The summed E-state index contributed by atoms with van der Waals surface area (Å²) in [5, 5.41) is 3.27. The van der Waals surface area contributed by atoms with Crippen LogP contribution in [0.2, 0.25) is 5.02 Å². The molecule has 8 heteroatoms. The van der Waals surface area contributed by atoms with Crippen molar-refractivity contribution in [2.75, 3.05) is 20.3 Å². The Balaban J connectivity index is 1.52. The molecule has 1 heterocycles. The lowest BCUT2D eigenvalue weighted by atomic mass is 10.2. The number of nitrogens with one attached hydrogen (secondary N) is 1. The van der Waals surface area contributed by atoms with Crippen LogP contribution in [0.1, 0.15) is 12.0 Å². The van der Waals surface area contributed by atoms with E-state index in [4.69, 9.17) is 38.0 Å². The van der Waals surface area contributed by atoms with Crippen LogP contribution < -0.4 is 19.5 Å². The molecular weight excluding hydrogens is 418 g/mol. The van der Waals surface area contributed by atoms with Crippen molar-refractivity contribution in [1.29, 1.82) is 0 Å². The van der Waals surface area contributed by atoms with Gasteiger partial charge in [-0.1, -0.05) is 41.6 Å². The van der Waals surface area contributed by atoms with Crippen LogP contribution >= 0.6 is 35.6 Å². The van der Waals surface area contributed by atoms with Crippen molar-refractivity contribution < 1.29 is 19.0 Å². The van der Waals surface area contributed by atoms with Crippen molar-refractivity contribution in [2.45, 2.75) is 6.42 Å². The Hall–Kier alpha value is -2.22. The number of halogens is 1. The van der Waals surface area contributed by atoms with E-state index in [-0.39, 0.29) is 5.91 Å². The first-order valence-electron chi connectivity index (χ1n) is 8.49. The molecule has 2 aromatic rings. The molecule has 0 aromatic heterocycles. The van der Waals surface area contributed by atoms with Gasteiger partial charge in [0.1, 0.15) is 10.1 Å². The molecule has 0 unspecified atom stereocenters. The second-order valence-electron chi connectivity index (χ2n) is 5.77. The van der Waals surface area contributed by atoms with E-state index >= 15 is 0 Å². The molecule has 1 fully saturated rings. The van der Waals surface area contributed by atoms with Crippen LogP contribution in [-0.4, -0.2) is 30.6 Å². The van der Waals surface area contributed by atoms with Crippen molar-refractivity contribution in [2.24, 2.45) is 0 Å². The Morgan fingerprint density at radius 2 is 1.86 bits per heavy atom. The fourth-order valence-electron chi connectivity index (χ4n) is 2.43. The molecule has 1 aliphatic heterocycles. The van der Waals surface area contributed by atoms with Gasteiger partial charge in [0.05, 0.1) is 25.2 Å². The number of rotatable bonds is 8. The number of carbonyl (C=O) groups is 1. The topological polar surface area (TPSA) is 56.8 Å². The molecule has 0 saturated carbocycles. The quantitative estimate of drug-likeness (QED) is 0.369. The van der Waals surface area contributed by atoms with E-state index in [1.807, 2.05) is 30.3 Å². The van der Waals surface area contributed by atoms with Gasteiger partial charge < -0.3 is 19.5 Å². The van der Waals surface area contributed by atoms with E-state index in [1.54, 1.807) is 25.3 Å². The summed E-state index contributed by atoms with van der Waals surface area (Å²) in [4.78, 5) is 12.3. The zero-order chi connectivity index (χ0) is 19.9. The van der Waals surface area contributed by atoms with Crippen molar-refractivity contribution >= 4 is 51.9 Å². The third kappa shape index (κ3) is 5.64. The predicted molar refractivity (Wildman–Crippen MR) is 116 cm³/mol. The number of ether oxygens (including phenoxy) is 3. The summed E-state index contributed by atoms with van der Waals surface area (Å²) >= 11 is 12.1. The minimum Gasteiger partial charge on any atom is -0.493 e. The van der Waals surface area contributed by atoms with E-state index in [2.05, 4.69) is 5.32 Å². The monoisotopic (exact) mass is 435 g/mol. The van der Waals surface area contributed by atoms with Crippen LogP contribution in [0.4, 0.5) is 0 Å². The number of benzene rings is 2. The third-order valence-corrected chi connectivity index (χ3v) is 5.17. The van der Waals surface area contributed by atoms with E-state index in [0.717, 1.165) is 11.3 Å². The number of thiocarbonyl (C=S) groups is 1. The van der Waals surface area contributed by atoms with Gasteiger partial charge in [0.2, 0.25) is 0 Å². The molecule has 1 amide bonds. The SMILES string of the molecule is COc1cc(/C=C2\SC(=S)NC2=O)ccc1OCCCOc1ccc(Cl)cc1. The second-order valence-corrected chi connectivity index (χ2v) is 7.92. The zero-order valence-electron chi connectivity index (χ0n) is 15.1. The largest absolute Gasteiger partial charge is 0.493 e. The van der Waals surface area contributed by atoms with E-state index in [0.29, 0.717) is 45.4 Å². The van der Waals surface area contributed by atoms with Crippen LogP contribution in [0, 0.1) is 0 Å². The fourth-order valence-corrected chi connectivity index (χ4v) is 3.60. The summed E-state index contributed by atoms with van der Waals surface area (Å²) < 4.78 is 17.3. The first-order chi connectivity index (χ1) is 13.5. The number of amides is 1. The maximum Gasteiger partial charge on any atom is 0.263 e. The van der Waals surface area contributed by atoms with E-state index < -0.39 is 0 Å². The molecule has 0 aliphatic carbocycles. The molecular formula is C20H18ClNO4S2. The summed E-state index contributed by atoms with van der Waals surface area (Å²) in [6.45, 7) is 1.01. The maximum absolute atomic E-state index is 11.8. The van der Waals surface area contributed by atoms with Gasteiger partial charge in [0.15, 0.2) is 11.5 Å². The first kappa shape index (κ1) is 20.5. The smallest absolute Gasteiger partial charge is 0.263 e. The minimum absolute atomic E-state index is 0.185. The predicted octanol–water partition coefficient (Wildman–Crippen LogP) is 4.69. The molecule has 0 radical (unpaired) electrons. The molecule has 3 rings (SSSR count). The maximum atomic E-state index is 11.8. The van der Waals surface area contributed by atoms with Gasteiger partial charge >= 0.3 is 0 Å². The Bertz CT molecular complexity index is 900. The first-order valence-corrected chi connectivity index (χ1v) is 10.1. The molecule has 0 spiro atoms. The Labute approximate surface area is 178 Å². The average Bonchev–Trinajstić information content (AvgIpc) is 3.00. The summed E-state index contributed by atoms with van der Waals surface area (Å²) in [6, 6.07) is 12.7. The fraction of sp³-hybridized carbons (Fsp3) is 0.200. The van der Waals surface area contributed by atoms with Crippen molar-refractivity contribution in [3.05, 3.63) is 58.0 Å². The molecule has 1 saturated heterocycles. The van der Waals surface area contributed by atoms with Gasteiger partial charge in [-0.2, -0.15) is 0 Å². The summed E-state index contributed by atoms with van der Waals surface area (Å²) in [5.41, 5.74) is 0.831. The number of methoxy groups -OCH3 is 1. The van der Waals surface area contributed by atoms with E-state index in [1.165, 1.54) is 11.8 Å². The van der Waals surface area contributed by atoms with E-state index in [9.17, 15) is 4.79 Å². The number of hydrogen-bond donors (Lipinski definition) is 1. The normalized spacial score (nSPS) is 14.9. The molecule has 2 aromatic carbocycles. The number of carbonyl (C=O) groups excluding carboxylic acids is 1. The highest BCUT2D eigenvalue weighted by atomic mass is 35.5. The van der Waals surface area contributed by atoms with Gasteiger partial charge in [-0.25, -0.2) is 0 Å². The summed E-state index contributed by atoms with van der Waals surface area (Å²) in [6.07, 6.45) is 2.48. The second kappa shape index (κ2) is 9.82. The van der Waals surface area contributed by atoms with Crippen LogP contribution in [0.5, 0.6) is 17.2 Å². The van der Waals surface area contributed by atoms with Crippen molar-refractivity contribution in [3.63, 3.8) is 0 Å². The molecule has 1 N–H and O–H groups in total. The van der Waals surface area contributed by atoms with Crippen LogP contribution in [0.3, 0.4) is 0 Å². The standard InChI is InChI=1S/C20H18ClNO4S2/c1-24-17-11-13(12-18-19(23)22-20(27)28-18)3-8-16(17)26-10-2-9-25-15-6-4-14(21)5-7-15/h3-8,11-12H,2,9-10H2,1H3,(H,22,23,27)/b18-12-. The Morgan fingerprint density at radius 1 is 1.11 bits per heavy atom. The van der Waals surface area contributed by atoms with Gasteiger partial charge in [-0.3, -0.25) is 4.79 Å². The van der Waals surface area contributed by atoms with Gasteiger partial charge in [0, 0.05) is 11.4 Å². The third-order valence-electron chi connectivity index (χ3n) is 3.76. The van der Waals surface area contributed by atoms with Gasteiger partial charge in [0.25, 0.3) is 5.91 Å². The molecule has 1 aliphatic rings. The molecule has 0 bridgehead atoms. The Kier molecular flexibility index (Phi) is 7.19. The lowest BCUT2D eigenvalue weighted by Gasteiger charge is -2.12. The lowest BCUT2D eigenvalue weighted by molar-refractivity contribution is -0.115. The highest BCUT2D eigenvalue weighted by Crippen LogP contribution is 2.31. The summed E-state index contributed by atoms with van der Waals surface area (Å²) in [7, 11) is 1.58. The molecule has 146 valence electrons. The average molecular weight is 436 g/mol. The van der Waals surface area contributed by atoms with Crippen molar-refractivity contribution in [3.8, 4) is 17.2 Å². The van der Waals surface area contributed by atoms with Gasteiger partial charge in [-0.15, -0.1) is 0 Å². The van der Waals surface area contributed by atoms with Crippen LogP contribution in [0.15, 0.2) is 47.4 Å². The number of thioether (sulfide) groups is 1. The van der Waals surface area contributed by atoms with Crippen LogP contribution in [0.25, 0.3) is 6.08 Å². The number of hydrogen-bond acceptors (Lipinski definition) is 6. The highest BCUT2D eigenvalue weighted by Gasteiger charge is 2.22. The molecule has 28 heavy (non-hydrogen) atoms. The Morgan fingerprint density at radius 3 is 2.54 bits per heavy atom. The van der Waals surface area contributed by atoms with Crippen LogP contribution in [-0.2, 0) is 4.79 Å². The van der Waals surface area contributed by atoms with Crippen molar-refractivity contribution in [1.82, 2.24) is 5.32 Å². The minimum atomic E-state index is -0.185. The molecule has 5 nitrogen and oxygen atoms in total. The van der Waals surface area contributed by atoms with Gasteiger partial charge in [-0.05, 0) is 48.0 Å².